The van der Waals surface area contributed by atoms with E-state index in [4.69, 9.17) is 18.9 Å². The van der Waals surface area contributed by atoms with Crippen LogP contribution < -0.4 is 5.32 Å². The van der Waals surface area contributed by atoms with Crippen molar-refractivity contribution in [1.82, 2.24) is 5.32 Å². The van der Waals surface area contributed by atoms with Crippen molar-refractivity contribution in [1.29, 1.82) is 0 Å². The zero-order valence-corrected chi connectivity index (χ0v) is 63.3. The number of nitrogens with one attached hydrogen (secondary N) is 1. The fraction of sp³-hybridized carbons (Fsp3) is 0.893. The second kappa shape index (κ2) is 68.1. The Bertz CT molecular complexity index is 1830. The first-order chi connectivity index (χ1) is 48.1. The van der Waals surface area contributed by atoms with E-state index < -0.39 is 86.8 Å². The van der Waals surface area contributed by atoms with Gasteiger partial charge < -0.3 is 65.1 Å². The SMILES string of the molecule is CCCCCCC/C=C\C/C=C\C/C=C\CCCCCCCCCCCCCCCCCCCCCCCCC(=O)NC(COC1OC(CO)C(OC2OC(CO)C(O)C(O)C2O)C(O)C1O)C(O)/C=C/CCCCCCCCCCCCCCCCCCCCCCCCCCC. The summed E-state index contributed by atoms with van der Waals surface area (Å²) in [5.74, 6) is -0.231. The number of hydrogen-bond donors (Lipinski definition) is 9. The lowest BCUT2D eigenvalue weighted by Gasteiger charge is -2.46. The standard InChI is InChI=1S/C84H157NO13/c1-3-5-7-9-11-13-15-17-19-21-23-25-27-29-31-32-33-34-35-36-37-38-39-40-42-44-46-48-50-52-54-56-58-60-62-64-66-68-76(89)85-72(71-95-83-81(94)79(92)82(75(70-87)97-83)98-84-80(93)78(91)77(90)74(69-86)96-84)73(88)67-65-63-61-59-57-55-53-51-49-47-45-43-41-30-28-26-24-22-20-18-16-14-12-10-8-6-4-2/h15,17,21,23,27,29,65,67,72-75,77-84,86-88,90-94H,3-14,16,18-20,22,24-26,28,30-64,66,68-71H2,1-2H3,(H,85,89)/b17-15-,23-21-,29-27-,67-65+. The van der Waals surface area contributed by atoms with Gasteiger partial charge in [-0.3, -0.25) is 4.79 Å². The van der Waals surface area contributed by atoms with Crippen molar-refractivity contribution >= 4 is 5.91 Å². The van der Waals surface area contributed by atoms with Crippen LogP contribution in [0.1, 0.15) is 386 Å². The average molecular weight is 1390 g/mol. The van der Waals surface area contributed by atoms with E-state index in [1.165, 1.54) is 308 Å². The summed E-state index contributed by atoms with van der Waals surface area (Å²) in [5.41, 5.74) is 0. The normalized spacial score (nSPS) is 22.2. The molecule has 0 bridgehead atoms. The summed E-state index contributed by atoms with van der Waals surface area (Å²) in [6.45, 7) is 2.85. The number of aliphatic hydroxyl groups excluding tert-OH is 8. The van der Waals surface area contributed by atoms with E-state index in [2.05, 4.69) is 55.6 Å². The second-order valence-electron chi connectivity index (χ2n) is 29.6. The monoisotopic (exact) mass is 1390 g/mol. The van der Waals surface area contributed by atoms with Crippen LogP contribution in [0, 0.1) is 0 Å². The highest BCUT2D eigenvalue weighted by atomic mass is 16.7. The van der Waals surface area contributed by atoms with Crippen LogP contribution in [0.3, 0.4) is 0 Å². The number of aliphatic hydroxyl groups is 8. The topological polar surface area (TPSA) is 228 Å². The van der Waals surface area contributed by atoms with Gasteiger partial charge in [0, 0.05) is 6.42 Å². The molecule has 2 aliphatic rings. The Morgan fingerprint density at radius 3 is 1.03 bits per heavy atom. The molecule has 0 radical (unpaired) electrons. The number of unbranched alkanes of at least 4 members (excludes halogenated alkanes) is 52. The predicted octanol–water partition coefficient (Wildman–Crippen LogP) is 19.4. The Morgan fingerprint density at radius 1 is 0.367 bits per heavy atom. The van der Waals surface area contributed by atoms with Crippen molar-refractivity contribution in [2.75, 3.05) is 19.8 Å². The first-order valence-electron chi connectivity index (χ1n) is 41.9. The van der Waals surface area contributed by atoms with Crippen molar-refractivity contribution in [3.8, 4) is 0 Å². The minimum Gasteiger partial charge on any atom is -0.394 e. The molecule has 2 fully saturated rings. The third-order valence-electron chi connectivity index (χ3n) is 20.5. The van der Waals surface area contributed by atoms with Crippen LogP contribution in [-0.4, -0.2) is 140 Å². The molecular weight excluding hydrogens is 1230 g/mol. The maximum absolute atomic E-state index is 13.4. The number of carbonyl (C=O) groups excluding carboxylic acids is 1. The summed E-state index contributed by atoms with van der Waals surface area (Å²) < 4.78 is 22.9. The molecule has 0 aromatic heterocycles. The van der Waals surface area contributed by atoms with Gasteiger partial charge in [-0.1, -0.05) is 371 Å². The smallest absolute Gasteiger partial charge is 0.220 e. The molecule has 0 spiro atoms. The van der Waals surface area contributed by atoms with Crippen LogP contribution in [0.2, 0.25) is 0 Å². The van der Waals surface area contributed by atoms with Gasteiger partial charge in [0.25, 0.3) is 0 Å². The minimum atomic E-state index is -1.79. The van der Waals surface area contributed by atoms with Crippen LogP contribution in [0.4, 0.5) is 0 Å². The highest BCUT2D eigenvalue weighted by Gasteiger charge is 2.51. The lowest BCUT2D eigenvalue weighted by Crippen LogP contribution is -2.65. The maximum atomic E-state index is 13.4. The van der Waals surface area contributed by atoms with Gasteiger partial charge in [0.05, 0.1) is 32.0 Å². The molecule has 0 saturated carbocycles. The van der Waals surface area contributed by atoms with Gasteiger partial charge in [0.2, 0.25) is 5.91 Å². The van der Waals surface area contributed by atoms with E-state index in [0.29, 0.717) is 6.42 Å². The summed E-state index contributed by atoms with van der Waals surface area (Å²) in [4.78, 5) is 13.4. The van der Waals surface area contributed by atoms with Gasteiger partial charge in [-0.05, 0) is 57.8 Å². The number of hydrogen-bond acceptors (Lipinski definition) is 13. The van der Waals surface area contributed by atoms with E-state index >= 15 is 0 Å². The minimum absolute atomic E-state index is 0.231. The molecule has 0 aliphatic carbocycles. The number of carbonyl (C=O) groups is 1. The molecule has 0 aromatic carbocycles. The molecule has 98 heavy (non-hydrogen) atoms. The first kappa shape index (κ1) is 92.0. The van der Waals surface area contributed by atoms with E-state index in [0.717, 1.165) is 51.4 Å². The molecule has 2 aliphatic heterocycles. The van der Waals surface area contributed by atoms with E-state index in [-0.39, 0.29) is 18.9 Å². The van der Waals surface area contributed by atoms with E-state index in [9.17, 15) is 45.6 Å². The number of amides is 1. The molecule has 12 atom stereocenters. The van der Waals surface area contributed by atoms with Crippen molar-refractivity contribution in [2.24, 2.45) is 0 Å². The third-order valence-corrected chi connectivity index (χ3v) is 20.5. The number of rotatable bonds is 71. The molecule has 14 nitrogen and oxygen atoms in total. The lowest BCUT2D eigenvalue weighted by molar-refractivity contribution is -0.359. The Morgan fingerprint density at radius 2 is 0.673 bits per heavy atom. The summed E-state index contributed by atoms with van der Waals surface area (Å²) in [5, 5.41) is 87.7. The van der Waals surface area contributed by atoms with Crippen LogP contribution in [-0.2, 0) is 23.7 Å². The lowest BCUT2D eigenvalue weighted by atomic mass is 9.97. The molecular formula is C84H157NO13. The molecule has 1 amide bonds. The third kappa shape index (κ3) is 50.4. The average Bonchev–Trinajstić information content (AvgIpc) is 0.793. The van der Waals surface area contributed by atoms with E-state index in [1.54, 1.807) is 6.08 Å². The molecule has 0 aromatic rings. The van der Waals surface area contributed by atoms with Gasteiger partial charge in [-0.25, -0.2) is 0 Å². The fourth-order valence-electron chi connectivity index (χ4n) is 13.9. The molecule has 2 rings (SSSR count). The molecule has 9 N–H and O–H groups in total. The van der Waals surface area contributed by atoms with Gasteiger partial charge in [-0.15, -0.1) is 0 Å². The predicted molar refractivity (Wildman–Crippen MR) is 406 cm³/mol. The van der Waals surface area contributed by atoms with Gasteiger partial charge in [-0.2, -0.15) is 0 Å². The van der Waals surface area contributed by atoms with Crippen LogP contribution in [0.15, 0.2) is 48.6 Å². The molecule has 576 valence electrons. The second-order valence-corrected chi connectivity index (χ2v) is 29.6. The summed E-state index contributed by atoms with van der Waals surface area (Å²) in [6.07, 6.45) is 74.9. The van der Waals surface area contributed by atoms with Crippen LogP contribution in [0.25, 0.3) is 0 Å². The molecule has 2 heterocycles. The Balaban J connectivity index is 1.59. The first-order valence-corrected chi connectivity index (χ1v) is 41.9. The quantitative estimate of drug-likeness (QED) is 0.0204. The fourth-order valence-corrected chi connectivity index (χ4v) is 13.9. The van der Waals surface area contributed by atoms with Gasteiger partial charge in [0.15, 0.2) is 12.6 Å². The van der Waals surface area contributed by atoms with Crippen molar-refractivity contribution in [2.45, 2.75) is 460 Å². The summed E-state index contributed by atoms with van der Waals surface area (Å²) >= 11 is 0. The molecule has 14 heteroatoms. The number of allylic oxidation sites excluding steroid dienone is 7. The van der Waals surface area contributed by atoms with Gasteiger partial charge >= 0.3 is 0 Å². The Kier molecular flexibility index (Phi) is 63.9. The Hall–Kier alpha value is -2.05. The number of ether oxygens (including phenoxy) is 4. The van der Waals surface area contributed by atoms with Crippen LogP contribution >= 0.6 is 0 Å². The van der Waals surface area contributed by atoms with Crippen molar-refractivity contribution in [3.05, 3.63) is 48.6 Å². The zero-order chi connectivity index (χ0) is 70.8. The molecule has 2 saturated heterocycles. The van der Waals surface area contributed by atoms with Gasteiger partial charge in [0.1, 0.15) is 48.8 Å². The maximum Gasteiger partial charge on any atom is 0.220 e. The van der Waals surface area contributed by atoms with Crippen LogP contribution in [0.5, 0.6) is 0 Å². The highest BCUT2D eigenvalue weighted by molar-refractivity contribution is 5.76. The van der Waals surface area contributed by atoms with Crippen molar-refractivity contribution < 1.29 is 64.6 Å². The highest BCUT2D eigenvalue weighted by Crippen LogP contribution is 2.30. The summed E-state index contributed by atoms with van der Waals surface area (Å²) in [6, 6.07) is -0.916. The van der Waals surface area contributed by atoms with E-state index in [1.807, 2.05) is 6.08 Å². The van der Waals surface area contributed by atoms with Crippen molar-refractivity contribution in [3.63, 3.8) is 0 Å². The Labute approximate surface area is 601 Å². The zero-order valence-electron chi connectivity index (χ0n) is 63.3. The molecule has 12 unspecified atom stereocenters. The largest absolute Gasteiger partial charge is 0.394 e. The summed E-state index contributed by atoms with van der Waals surface area (Å²) in [7, 11) is 0.